The minimum Gasteiger partial charge on any atom is -0.433 e. The third kappa shape index (κ3) is 9.94. The van der Waals surface area contributed by atoms with Crippen LogP contribution in [0.15, 0.2) is 48.1 Å². The van der Waals surface area contributed by atoms with E-state index in [4.69, 9.17) is 17.0 Å². The molecule has 2 rings (SSSR count). The first-order valence-electron chi connectivity index (χ1n) is 10.6. The number of rotatable bonds is 11. The number of halogens is 3. The maximum atomic E-state index is 12.9. The van der Waals surface area contributed by atoms with Gasteiger partial charge in [0.15, 0.2) is 5.78 Å². The molecule has 2 aromatic rings. The summed E-state index contributed by atoms with van der Waals surface area (Å²) in [5, 5.41) is 30.4. The number of nitrogens with one attached hydrogen (secondary N) is 2. The van der Waals surface area contributed by atoms with Crippen LogP contribution in [0.1, 0.15) is 57.3 Å². The highest BCUT2D eigenvalue weighted by atomic mass is 35.5. The van der Waals surface area contributed by atoms with Crippen molar-refractivity contribution in [2.75, 3.05) is 11.9 Å². The Morgan fingerprint density at radius 2 is 1.94 bits per heavy atom. The first-order chi connectivity index (χ1) is 16.1. The summed E-state index contributed by atoms with van der Waals surface area (Å²) in [5.41, 5.74) is 2.83. The number of benzene rings is 1. The van der Waals surface area contributed by atoms with E-state index in [2.05, 4.69) is 15.0 Å². The molecule has 0 radical (unpaired) electrons. The molecule has 1 unspecified atom stereocenters. The highest BCUT2D eigenvalue weighted by Gasteiger charge is 2.23. The Morgan fingerprint density at radius 1 is 1.29 bits per heavy atom. The molecule has 1 atom stereocenters. The molecule has 0 fully saturated rings. The number of carbonyl (C=O) groups excluding carboxylic acids is 1. The Kier molecular flexibility index (Phi) is 12.3. The number of hydrogen-bond donors (Lipinski definition) is 4. The standard InChI is InChI=1S/C18H21F2N3O3.C6H9ClO/c1-3-14(21)16-13(15(25)10-24)8-9-22-17(16)23-11-4-6-12(7-5-11)26-18(2,19)20;1-2-3-6(8)4-5-7/h4-9,15,21,24-25H,3,10H2,1-2H3,(H,22,23);4-5H,2-3H2,1H3/b;5-4-. The van der Waals surface area contributed by atoms with Crippen LogP contribution in [0.3, 0.4) is 0 Å². The van der Waals surface area contributed by atoms with Crippen molar-refractivity contribution in [2.45, 2.75) is 52.2 Å². The second-order valence-corrected chi connectivity index (χ2v) is 7.47. The van der Waals surface area contributed by atoms with Gasteiger partial charge in [-0.2, -0.15) is 8.78 Å². The predicted molar refractivity (Wildman–Crippen MR) is 129 cm³/mol. The van der Waals surface area contributed by atoms with Gasteiger partial charge in [0.25, 0.3) is 0 Å². The molecular weight excluding hydrogens is 468 g/mol. The second-order valence-electron chi connectivity index (χ2n) is 7.22. The molecule has 4 N–H and O–H groups in total. The van der Waals surface area contributed by atoms with E-state index in [1.54, 1.807) is 13.0 Å². The summed E-state index contributed by atoms with van der Waals surface area (Å²) in [5.74, 6) is 0.445. The molecule has 0 aliphatic heterocycles. The van der Waals surface area contributed by atoms with E-state index in [9.17, 15) is 23.8 Å². The molecule has 34 heavy (non-hydrogen) atoms. The number of nitrogens with zero attached hydrogens (tertiary/aromatic N) is 1. The fourth-order valence-corrected chi connectivity index (χ4v) is 2.93. The van der Waals surface area contributed by atoms with Crippen molar-refractivity contribution >= 4 is 34.6 Å². The molecule has 0 aliphatic rings. The van der Waals surface area contributed by atoms with Crippen molar-refractivity contribution in [3.8, 4) is 5.75 Å². The van der Waals surface area contributed by atoms with Crippen molar-refractivity contribution in [2.24, 2.45) is 0 Å². The number of pyridine rings is 1. The van der Waals surface area contributed by atoms with E-state index < -0.39 is 18.8 Å². The van der Waals surface area contributed by atoms with E-state index in [1.165, 1.54) is 42.1 Å². The Balaban J connectivity index is 0.000000620. The van der Waals surface area contributed by atoms with Gasteiger partial charge in [-0.1, -0.05) is 25.4 Å². The lowest BCUT2D eigenvalue weighted by Gasteiger charge is -2.18. The zero-order valence-corrected chi connectivity index (χ0v) is 20.1. The Labute approximate surface area is 203 Å². The third-order valence-corrected chi connectivity index (χ3v) is 4.46. The lowest BCUT2D eigenvalue weighted by Crippen LogP contribution is -2.19. The van der Waals surface area contributed by atoms with Crippen LogP contribution in [0.25, 0.3) is 0 Å². The largest absolute Gasteiger partial charge is 0.433 e. The first kappa shape index (κ1) is 29.2. The van der Waals surface area contributed by atoms with Gasteiger partial charge in [0.2, 0.25) is 0 Å². The predicted octanol–water partition coefficient (Wildman–Crippen LogP) is 5.73. The number of aliphatic hydroxyl groups is 2. The van der Waals surface area contributed by atoms with Gasteiger partial charge in [0.05, 0.1) is 6.61 Å². The van der Waals surface area contributed by atoms with Crippen LogP contribution < -0.4 is 10.1 Å². The number of allylic oxidation sites excluding steroid dienone is 1. The first-order valence-corrected chi connectivity index (χ1v) is 11.1. The van der Waals surface area contributed by atoms with Gasteiger partial charge in [0.1, 0.15) is 17.7 Å². The van der Waals surface area contributed by atoms with Crippen LogP contribution in [0.5, 0.6) is 5.75 Å². The highest BCUT2D eigenvalue weighted by molar-refractivity contribution is 6.26. The summed E-state index contributed by atoms with van der Waals surface area (Å²) < 4.78 is 30.2. The number of ether oxygens (including phenoxy) is 1. The number of carbonyl (C=O) groups is 1. The number of alkyl halides is 2. The molecule has 1 aromatic heterocycles. The van der Waals surface area contributed by atoms with E-state index in [1.807, 2.05) is 6.92 Å². The molecule has 10 heteroatoms. The van der Waals surface area contributed by atoms with Gasteiger partial charge in [-0.25, -0.2) is 4.98 Å². The zero-order chi connectivity index (χ0) is 25.7. The van der Waals surface area contributed by atoms with Crippen LogP contribution in [0, 0.1) is 5.41 Å². The molecule has 0 saturated heterocycles. The van der Waals surface area contributed by atoms with Crippen molar-refractivity contribution in [3.63, 3.8) is 0 Å². The van der Waals surface area contributed by atoms with Gasteiger partial charge < -0.3 is 25.7 Å². The maximum Gasteiger partial charge on any atom is 0.394 e. The third-order valence-electron chi connectivity index (χ3n) is 4.33. The van der Waals surface area contributed by atoms with E-state index >= 15 is 0 Å². The van der Waals surface area contributed by atoms with Crippen LogP contribution >= 0.6 is 11.6 Å². The number of ketones is 1. The van der Waals surface area contributed by atoms with E-state index in [0.717, 1.165) is 6.42 Å². The quantitative estimate of drug-likeness (QED) is 0.233. The maximum absolute atomic E-state index is 12.9. The number of aromatic nitrogens is 1. The van der Waals surface area contributed by atoms with E-state index in [-0.39, 0.29) is 17.2 Å². The molecular formula is C24H30ClF2N3O4. The van der Waals surface area contributed by atoms with Gasteiger partial charge in [-0.3, -0.25) is 4.79 Å². The van der Waals surface area contributed by atoms with Crippen molar-refractivity contribution in [1.29, 1.82) is 5.41 Å². The number of anilines is 2. The van der Waals surface area contributed by atoms with Crippen molar-refractivity contribution in [1.82, 2.24) is 4.98 Å². The molecule has 186 valence electrons. The molecule has 1 heterocycles. The van der Waals surface area contributed by atoms with Gasteiger partial charge >= 0.3 is 6.11 Å². The summed E-state index contributed by atoms with van der Waals surface area (Å²) in [6.07, 6.45) is 0.327. The monoisotopic (exact) mass is 497 g/mol. The second kappa shape index (κ2) is 14.4. The zero-order valence-electron chi connectivity index (χ0n) is 19.3. The summed E-state index contributed by atoms with van der Waals surface area (Å²) in [6, 6.07) is 7.40. The molecule has 0 bridgehead atoms. The van der Waals surface area contributed by atoms with Gasteiger partial charge in [-0.15, -0.1) is 0 Å². The number of aliphatic hydroxyl groups excluding tert-OH is 2. The molecule has 0 saturated carbocycles. The molecule has 0 spiro atoms. The minimum atomic E-state index is -3.27. The minimum absolute atomic E-state index is 0.0157. The average Bonchev–Trinajstić information content (AvgIpc) is 2.79. The van der Waals surface area contributed by atoms with Crippen LogP contribution in [0.4, 0.5) is 20.3 Å². The molecule has 1 aromatic carbocycles. The summed E-state index contributed by atoms with van der Waals surface area (Å²) in [7, 11) is 0. The highest BCUT2D eigenvalue weighted by Crippen LogP contribution is 2.28. The summed E-state index contributed by atoms with van der Waals surface area (Å²) >= 11 is 5.13. The van der Waals surface area contributed by atoms with Crippen LogP contribution in [-0.4, -0.2) is 39.4 Å². The van der Waals surface area contributed by atoms with Crippen molar-refractivity contribution < 1.29 is 28.5 Å². The topological polar surface area (TPSA) is 116 Å². The summed E-state index contributed by atoms with van der Waals surface area (Å²) in [4.78, 5) is 14.7. The fraction of sp³-hybridized carbons (Fsp3) is 0.375. The van der Waals surface area contributed by atoms with Crippen LogP contribution in [0.2, 0.25) is 0 Å². The Morgan fingerprint density at radius 3 is 2.44 bits per heavy atom. The number of hydrogen-bond acceptors (Lipinski definition) is 7. The lowest BCUT2D eigenvalue weighted by atomic mass is 9.98. The molecule has 7 nitrogen and oxygen atoms in total. The van der Waals surface area contributed by atoms with Crippen LogP contribution in [-0.2, 0) is 4.79 Å². The Hall–Kier alpha value is -2.88. The van der Waals surface area contributed by atoms with E-state index in [0.29, 0.717) is 42.4 Å². The Bertz CT molecular complexity index is 964. The molecule has 0 aliphatic carbocycles. The average molecular weight is 498 g/mol. The summed E-state index contributed by atoms with van der Waals surface area (Å²) in [6.45, 7) is 3.93. The SMILES string of the molecule is CCC(=N)c1c(C(O)CO)ccnc1Nc1ccc(OC(C)(F)F)cc1.CCCC(=O)/C=C\Cl. The lowest BCUT2D eigenvalue weighted by molar-refractivity contribution is -0.158. The van der Waals surface area contributed by atoms with Gasteiger partial charge in [-0.05, 0) is 54.8 Å². The normalized spacial score (nSPS) is 12.0. The molecule has 0 amide bonds. The van der Waals surface area contributed by atoms with Gasteiger partial charge in [0, 0.05) is 42.0 Å². The van der Waals surface area contributed by atoms with Crippen molar-refractivity contribution in [3.05, 3.63) is 59.3 Å². The fourth-order valence-electron chi connectivity index (χ4n) is 2.79. The smallest absolute Gasteiger partial charge is 0.394 e.